The molecule has 0 heteroatoms. The van der Waals surface area contributed by atoms with E-state index in [0.717, 1.165) is 5.92 Å². The van der Waals surface area contributed by atoms with Gasteiger partial charge in [0.2, 0.25) is 0 Å². The molecule has 0 fully saturated rings. The summed E-state index contributed by atoms with van der Waals surface area (Å²) >= 11 is 0. The summed E-state index contributed by atoms with van der Waals surface area (Å²) in [6.07, 6.45) is 14.7. The van der Waals surface area contributed by atoms with Gasteiger partial charge < -0.3 is 0 Å². The van der Waals surface area contributed by atoms with Gasteiger partial charge in [-0.1, -0.05) is 71.4 Å². The Morgan fingerprint density at radius 2 is 1.62 bits per heavy atom. The Hall–Kier alpha value is -0.260. The van der Waals surface area contributed by atoms with Crippen LogP contribution in [0.2, 0.25) is 0 Å². The van der Waals surface area contributed by atoms with Crippen LogP contribution in [-0.4, -0.2) is 0 Å². The topological polar surface area (TPSA) is 0 Å². The molecule has 0 spiro atoms. The Morgan fingerprint density at radius 3 is 2.12 bits per heavy atom. The van der Waals surface area contributed by atoms with Gasteiger partial charge in [-0.2, -0.15) is 0 Å². The second-order valence-corrected chi connectivity index (χ2v) is 4.88. The third kappa shape index (κ3) is 7.09. The van der Waals surface area contributed by atoms with Crippen LogP contribution in [0.25, 0.3) is 0 Å². The summed E-state index contributed by atoms with van der Waals surface area (Å²) < 4.78 is 0. The van der Waals surface area contributed by atoms with Gasteiger partial charge >= 0.3 is 0 Å². The van der Waals surface area contributed by atoms with Gasteiger partial charge in [-0.3, -0.25) is 0 Å². The normalized spacial score (nSPS) is 14.1. The first-order valence-corrected chi connectivity index (χ1v) is 7.48. The average Bonchev–Trinajstić information content (AvgIpc) is 2.31. The van der Waals surface area contributed by atoms with Gasteiger partial charge in [-0.25, -0.2) is 0 Å². The third-order valence-electron chi connectivity index (χ3n) is 3.55. The van der Waals surface area contributed by atoms with Crippen molar-refractivity contribution in [1.82, 2.24) is 0 Å². The molecule has 0 aliphatic heterocycles. The van der Waals surface area contributed by atoms with E-state index in [1.54, 1.807) is 5.57 Å². The first-order valence-electron chi connectivity index (χ1n) is 7.48. The summed E-state index contributed by atoms with van der Waals surface area (Å²) in [5, 5.41) is 0. The summed E-state index contributed by atoms with van der Waals surface area (Å²) in [6.45, 7) is 9.23. The second-order valence-electron chi connectivity index (χ2n) is 4.88. The molecular formula is C16H32. The monoisotopic (exact) mass is 224 g/mol. The van der Waals surface area contributed by atoms with Crippen molar-refractivity contribution in [1.29, 1.82) is 0 Å². The van der Waals surface area contributed by atoms with Gasteiger partial charge in [0.25, 0.3) is 0 Å². The van der Waals surface area contributed by atoms with E-state index < -0.39 is 0 Å². The number of rotatable bonds is 10. The maximum Gasteiger partial charge on any atom is -0.0206 e. The molecule has 0 nitrogen and oxygen atoms in total. The van der Waals surface area contributed by atoms with Gasteiger partial charge in [0.05, 0.1) is 0 Å². The Kier molecular flexibility index (Phi) is 11.0. The zero-order chi connectivity index (χ0) is 12.2. The molecular weight excluding hydrogens is 192 g/mol. The largest absolute Gasteiger partial charge is 0.0851 e. The minimum atomic E-state index is 0.869. The van der Waals surface area contributed by atoms with Crippen molar-refractivity contribution in [3.05, 3.63) is 11.6 Å². The fourth-order valence-corrected chi connectivity index (χ4v) is 2.38. The molecule has 0 aromatic carbocycles. The van der Waals surface area contributed by atoms with Gasteiger partial charge in [0.1, 0.15) is 0 Å². The average molecular weight is 224 g/mol. The maximum absolute atomic E-state index is 2.53. The van der Waals surface area contributed by atoms with Crippen LogP contribution in [0, 0.1) is 5.92 Å². The van der Waals surface area contributed by atoms with E-state index in [1.807, 2.05) is 0 Å². The van der Waals surface area contributed by atoms with Crippen LogP contribution in [-0.2, 0) is 0 Å². The van der Waals surface area contributed by atoms with Crippen molar-refractivity contribution < 1.29 is 0 Å². The Morgan fingerprint density at radius 1 is 0.938 bits per heavy atom. The lowest BCUT2D eigenvalue weighted by molar-refractivity contribution is 0.492. The molecule has 16 heavy (non-hydrogen) atoms. The third-order valence-corrected chi connectivity index (χ3v) is 3.55. The van der Waals surface area contributed by atoms with Crippen molar-refractivity contribution in [2.75, 3.05) is 0 Å². The molecule has 1 unspecified atom stereocenters. The van der Waals surface area contributed by atoms with Crippen LogP contribution < -0.4 is 0 Å². The number of hydrogen-bond acceptors (Lipinski definition) is 0. The van der Waals surface area contributed by atoms with Crippen LogP contribution in [0.5, 0.6) is 0 Å². The van der Waals surface area contributed by atoms with E-state index >= 15 is 0 Å². The fraction of sp³-hybridized carbons (Fsp3) is 0.875. The lowest BCUT2D eigenvalue weighted by Gasteiger charge is -2.18. The molecule has 0 bridgehead atoms. The molecule has 0 aromatic heterocycles. The van der Waals surface area contributed by atoms with Gasteiger partial charge in [-0.15, -0.1) is 0 Å². The summed E-state index contributed by atoms with van der Waals surface area (Å²) in [5.74, 6) is 0.869. The molecule has 0 aliphatic carbocycles. The summed E-state index contributed by atoms with van der Waals surface area (Å²) in [7, 11) is 0. The highest BCUT2D eigenvalue weighted by Gasteiger charge is 2.09. The predicted octanol–water partition coefficient (Wildman–Crippen LogP) is 6.12. The first kappa shape index (κ1) is 15.7. The van der Waals surface area contributed by atoms with Crippen molar-refractivity contribution >= 4 is 0 Å². The van der Waals surface area contributed by atoms with Crippen LogP contribution in [0.1, 0.15) is 85.5 Å². The summed E-state index contributed by atoms with van der Waals surface area (Å²) in [6, 6.07) is 0. The van der Waals surface area contributed by atoms with Gasteiger partial charge in [0, 0.05) is 0 Å². The summed E-state index contributed by atoms with van der Waals surface area (Å²) in [4.78, 5) is 0. The molecule has 0 saturated heterocycles. The molecule has 0 aromatic rings. The quantitative estimate of drug-likeness (QED) is 0.310. The molecule has 0 rings (SSSR count). The zero-order valence-electron chi connectivity index (χ0n) is 12.0. The molecule has 0 amide bonds. The Labute approximate surface area is 104 Å². The number of hydrogen-bond donors (Lipinski definition) is 0. The van der Waals surface area contributed by atoms with E-state index in [9.17, 15) is 0 Å². The van der Waals surface area contributed by atoms with E-state index in [4.69, 9.17) is 0 Å². The van der Waals surface area contributed by atoms with E-state index in [2.05, 4.69) is 33.8 Å². The Bertz CT molecular complexity index is 167. The Balaban J connectivity index is 4.09. The smallest absolute Gasteiger partial charge is 0.0206 e. The zero-order valence-corrected chi connectivity index (χ0v) is 12.0. The highest BCUT2D eigenvalue weighted by atomic mass is 14.2. The van der Waals surface area contributed by atoms with Crippen LogP contribution in [0.4, 0.5) is 0 Å². The van der Waals surface area contributed by atoms with Crippen LogP contribution >= 0.6 is 0 Å². The molecule has 0 radical (unpaired) electrons. The van der Waals surface area contributed by atoms with Crippen molar-refractivity contribution in [3.8, 4) is 0 Å². The first-order chi connectivity index (χ1) is 7.79. The molecule has 1 atom stereocenters. The van der Waals surface area contributed by atoms with Crippen LogP contribution in [0.3, 0.4) is 0 Å². The molecule has 0 heterocycles. The van der Waals surface area contributed by atoms with Crippen molar-refractivity contribution in [3.63, 3.8) is 0 Å². The molecule has 0 N–H and O–H groups in total. The number of allylic oxidation sites excluding steroid dienone is 2. The number of unbranched alkanes of at least 4 members (excludes halogenated alkanes) is 4. The second kappa shape index (κ2) is 11.2. The SMILES string of the molecule is CCCCC=C(CC)C(CC)CCCCC. The molecule has 96 valence electrons. The van der Waals surface area contributed by atoms with E-state index in [0.29, 0.717) is 0 Å². The maximum atomic E-state index is 2.53. The fourth-order valence-electron chi connectivity index (χ4n) is 2.38. The van der Waals surface area contributed by atoms with Crippen LogP contribution in [0.15, 0.2) is 11.6 Å². The van der Waals surface area contributed by atoms with Crippen molar-refractivity contribution in [2.45, 2.75) is 85.5 Å². The lowest BCUT2D eigenvalue weighted by Crippen LogP contribution is -2.03. The van der Waals surface area contributed by atoms with E-state index in [1.165, 1.54) is 57.8 Å². The van der Waals surface area contributed by atoms with Crippen molar-refractivity contribution in [2.24, 2.45) is 5.92 Å². The highest BCUT2D eigenvalue weighted by molar-refractivity contribution is 5.06. The molecule has 0 saturated carbocycles. The van der Waals surface area contributed by atoms with E-state index in [-0.39, 0.29) is 0 Å². The lowest BCUT2D eigenvalue weighted by atomic mass is 9.88. The molecule has 0 aliphatic rings. The standard InChI is InChI=1S/C16H32/c1-5-9-11-13-15(7-3)16(8-4)14-12-10-6-2/h13,16H,5-12,14H2,1-4H3. The predicted molar refractivity (Wildman–Crippen MR) is 75.8 cm³/mol. The minimum Gasteiger partial charge on any atom is -0.0851 e. The highest BCUT2D eigenvalue weighted by Crippen LogP contribution is 2.25. The van der Waals surface area contributed by atoms with Gasteiger partial charge in [-0.05, 0) is 31.6 Å². The minimum absolute atomic E-state index is 0.869. The van der Waals surface area contributed by atoms with Gasteiger partial charge in [0.15, 0.2) is 0 Å². The summed E-state index contributed by atoms with van der Waals surface area (Å²) in [5.41, 5.74) is 1.73.